The van der Waals surface area contributed by atoms with Gasteiger partial charge in [-0.15, -0.1) is 0 Å². The molecule has 8 heteroatoms. The summed E-state index contributed by atoms with van der Waals surface area (Å²) in [5.41, 5.74) is 3.40. The third-order valence-corrected chi connectivity index (χ3v) is 5.65. The quantitative estimate of drug-likeness (QED) is 0.492. The minimum absolute atomic E-state index is 0.100. The van der Waals surface area contributed by atoms with E-state index in [9.17, 15) is 14.7 Å². The largest absolute Gasteiger partial charge is 0.382 e. The lowest BCUT2D eigenvalue weighted by molar-refractivity contribution is -0.152. The maximum Gasteiger partial charge on any atom is 0.272 e. The molecule has 0 saturated carbocycles. The molecular formula is C22H30N4O4. The molecule has 0 spiro atoms. The summed E-state index contributed by atoms with van der Waals surface area (Å²) in [7, 11) is 0. The molecule has 1 saturated heterocycles. The van der Waals surface area contributed by atoms with Crippen LogP contribution in [-0.4, -0.2) is 63.8 Å². The average molecular weight is 415 g/mol. The maximum atomic E-state index is 13.2. The second kappa shape index (κ2) is 9.40. The predicted octanol–water partition coefficient (Wildman–Crippen LogP) is 1.80. The van der Waals surface area contributed by atoms with Crippen LogP contribution < -0.4 is 10.4 Å². The van der Waals surface area contributed by atoms with Crippen LogP contribution in [0.5, 0.6) is 0 Å². The number of carbonyl (C=O) groups excluding carboxylic acids is 2. The molecule has 3 atom stereocenters. The highest BCUT2D eigenvalue weighted by molar-refractivity contribution is 5.89. The normalized spacial score (nSPS) is 19.1. The van der Waals surface area contributed by atoms with Crippen molar-refractivity contribution in [1.82, 2.24) is 15.4 Å². The van der Waals surface area contributed by atoms with Crippen LogP contribution in [0.4, 0.5) is 5.69 Å². The molecule has 0 radical (unpaired) electrons. The van der Waals surface area contributed by atoms with Crippen LogP contribution in [0.1, 0.15) is 27.2 Å². The van der Waals surface area contributed by atoms with Crippen molar-refractivity contribution in [3.8, 4) is 0 Å². The Morgan fingerprint density at radius 1 is 1.27 bits per heavy atom. The fraction of sp³-hybridized carbons (Fsp3) is 0.500. The number of nitrogens with zero attached hydrogens (tertiary/aromatic N) is 3. The first-order valence-corrected chi connectivity index (χ1v) is 10.3. The second-order valence-corrected chi connectivity index (χ2v) is 8.37. The number of amides is 2. The van der Waals surface area contributed by atoms with Gasteiger partial charge in [-0.3, -0.25) is 19.8 Å². The Morgan fingerprint density at radius 3 is 2.67 bits per heavy atom. The van der Waals surface area contributed by atoms with E-state index >= 15 is 0 Å². The zero-order valence-corrected chi connectivity index (χ0v) is 17.7. The van der Waals surface area contributed by atoms with Crippen LogP contribution in [0, 0.1) is 11.8 Å². The number of aromatic nitrogens is 1. The number of benzene rings is 1. The summed E-state index contributed by atoms with van der Waals surface area (Å²) in [5, 5.41) is 20.2. The first-order chi connectivity index (χ1) is 14.3. The first kappa shape index (κ1) is 22.0. The van der Waals surface area contributed by atoms with Gasteiger partial charge in [-0.2, -0.15) is 0 Å². The van der Waals surface area contributed by atoms with Crippen LogP contribution in [0.2, 0.25) is 0 Å². The van der Waals surface area contributed by atoms with Gasteiger partial charge < -0.3 is 14.9 Å². The molecule has 2 unspecified atom stereocenters. The molecule has 162 valence electrons. The van der Waals surface area contributed by atoms with Gasteiger partial charge in [-0.25, -0.2) is 5.48 Å². The number of anilines is 1. The van der Waals surface area contributed by atoms with Gasteiger partial charge in [0.25, 0.3) is 5.91 Å². The van der Waals surface area contributed by atoms with Crippen LogP contribution in [0.25, 0.3) is 10.9 Å². The number of hydroxylamine groups is 1. The van der Waals surface area contributed by atoms with Crippen molar-refractivity contribution in [1.29, 1.82) is 0 Å². The van der Waals surface area contributed by atoms with E-state index in [2.05, 4.69) is 16.0 Å². The third kappa shape index (κ3) is 4.71. The van der Waals surface area contributed by atoms with Crippen LogP contribution in [-0.2, 0) is 9.59 Å². The monoisotopic (exact) mass is 414 g/mol. The number of pyridine rings is 1. The van der Waals surface area contributed by atoms with Crippen molar-refractivity contribution in [2.24, 2.45) is 11.8 Å². The number of carbonyl (C=O) groups is 2. The summed E-state index contributed by atoms with van der Waals surface area (Å²) in [4.78, 5) is 33.4. The third-order valence-electron chi connectivity index (χ3n) is 5.65. The lowest BCUT2D eigenvalue weighted by Crippen LogP contribution is -2.57. The molecule has 2 aromatic rings. The van der Waals surface area contributed by atoms with E-state index in [0.717, 1.165) is 16.6 Å². The molecule has 30 heavy (non-hydrogen) atoms. The van der Waals surface area contributed by atoms with E-state index in [4.69, 9.17) is 5.21 Å². The molecule has 0 aliphatic carbocycles. The number of fused-ring (bicyclic) bond motifs is 1. The highest BCUT2D eigenvalue weighted by atomic mass is 16.5. The van der Waals surface area contributed by atoms with Gasteiger partial charge in [0.2, 0.25) is 5.91 Å². The lowest BCUT2D eigenvalue weighted by atomic mass is 9.89. The first-order valence-electron chi connectivity index (χ1n) is 10.3. The number of aliphatic hydroxyl groups is 1. The van der Waals surface area contributed by atoms with Crippen molar-refractivity contribution in [3.05, 3.63) is 36.5 Å². The molecule has 1 aromatic heterocycles. The van der Waals surface area contributed by atoms with Gasteiger partial charge >= 0.3 is 0 Å². The van der Waals surface area contributed by atoms with Gasteiger partial charge in [0, 0.05) is 31.1 Å². The van der Waals surface area contributed by atoms with Gasteiger partial charge in [0.15, 0.2) is 0 Å². The van der Waals surface area contributed by atoms with E-state index < -0.39 is 17.9 Å². The Balaban J connectivity index is 1.73. The minimum atomic E-state index is -1.58. The van der Waals surface area contributed by atoms with E-state index in [0.29, 0.717) is 26.1 Å². The molecule has 1 fully saturated rings. The predicted molar refractivity (Wildman–Crippen MR) is 114 cm³/mol. The fourth-order valence-corrected chi connectivity index (χ4v) is 4.09. The van der Waals surface area contributed by atoms with Crippen molar-refractivity contribution in [3.63, 3.8) is 0 Å². The Kier molecular flexibility index (Phi) is 6.89. The summed E-state index contributed by atoms with van der Waals surface area (Å²) in [5.74, 6) is -2.00. The van der Waals surface area contributed by atoms with Gasteiger partial charge in [0.05, 0.1) is 23.3 Å². The molecule has 2 heterocycles. The molecule has 8 nitrogen and oxygen atoms in total. The van der Waals surface area contributed by atoms with E-state index in [-0.39, 0.29) is 17.9 Å². The summed E-state index contributed by atoms with van der Waals surface area (Å²) >= 11 is 0. The Bertz CT molecular complexity index is 904. The van der Waals surface area contributed by atoms with Crippen LogP contribution >= 0.6 is 0 Å². The standard InChI is InChI=1S/C22H30N4O4/c1-14(2)10-18(20(27)21(28)24-30)22(29)26-9-8-25(13-15(26)3)17-11-16-6-4-5-7-19(16)23-12-17/h4-7,11-12,14-15,18,20,27,30H,8-10,13H2,1-3H3,(H,24,28)/t15-,18?,20?/m1/s1. The number of aliphatic hydroxyl groups excluding tert-OH is 1. The van der Waals surface area contributed by atoms with Gasteiger partial charge in [-0.1, -0.05) is 32.0 Å². The highest BCUT2D eigenvalue weighted by Gasteiger charge is 2.38. The zero-order chi connectivity index (χ0) is 21.8. The maximum absolute atomic E-state index is 13.2. The summed E-state index contributed by atoms with van der Waals surface area (Å²) in [6.07, 6.45) is 0.623. The number of hydrogen-bond acceptors (Lipinski definition) is 6. The number of rotatable bonds is 6. The Hall–Kier alpha value is -2.71. The molecule has 1 aliphatic heterocycles. The molecular weight excluding hydrogens is 384 g/mol. The molecule has 1 aromatic carbocycles. The second-order valence-electron chi connectivity index (χ2n) is 8.37. The van der Waals surface area contributed by atoms with Crippen LogP contribution in [0.15, 0.2) is 36.5 Å². The van der Waals surface area contributed by atoms with Crippen molar-refractivity contribution in [2.75, 3.05) is 24.5 Å². The van der Waals surface area contributed by atoms with Crippen molar-refractivity contribution < 1.29 is 19.9 Å². The zero-order valence-electron chi connectivity index (χ0n) is 17.7. The summed E-state index contributed by atoms with van der Waals surface area (Å²) in [6.45, 7) is 7.56. The van der Waals surface area contributed by atoms with Gasteiger partial charge in [0.1, 0.15) is 6.10 Å². The fourth-order valence-electron chi connectivity index (χ4n) is 4.09. The van der Waals surface area contributed by atoms with E-state index in [1.54, 1.807) is 4.90 Å². The smallest absolute Gasteiger partial charge is 0.272 e. The molecule has 0 bridgehead atoms. The highest BCUT2D eigenvalue weighted by Crippen LogP contribution is 2.25. The SMILES string of the molecule is CC(C)CC(C(=O)N1CCN(c2cnc3ccccc3c2)C[C@H]1C)C(O)C(=O)NO. The number of nitrogens with one attached hydrogen (secondary N) is 1. The van der Waals surface area contributed by atoms with Crippen molar-refractivity contribution >= 4 is 28.4 Å². The summed E-state index contributed by atoms with van der Waals surface area (Å²) in [6, 6.07) is 9.94. The average Bonchev–Trinajstić information content (AvgIpc) is 2.75. The molecule has 3 rings (SSSR count). The minimum Gasteiger partial charge on any atom is -0.382 e. The number of piperazine rings is 1. The number of hydrogen-bond donors (Lipinski definition) is 3. The molecule has 3 N–H and O–H groups in total. The van der Waals surface area contributed by atoms with E-state index in [1.165, 1.54) is 5.48 Å². The number of para-hydroxylation sites is 1. The molecule has 2 amide bonds. The summed E-state index contributed by atoms with van der Waals surface area (Å²) < 4.78 is 0. The van der Waals surface area contributed by atoms with Crippen LogP contribution in [0.3, 0.4) is 0 Å². The Labute approximate surface area is 176 Å². The Morgan fingerprint density at radius 2 is 2.00 bits per heavy atom. The molecule has 1 aliphatic rings. The van der Waals surface area contributed by atoms with Crippen molar-refractivity contribution in [2.45, 2.75) is 39.3 Å². The lowest BCUT2D eigenvalue weighted by Gasteiger charge is -2.42. The van der Waals surface area contributed by atoms with Gasteiger partial charge in [-0.05, 0) is 31.4 Å². The van der Waals surface area contributed by atoms with E-state index in [1.807, 2.05) is 51.2 Å². The topological polar surface area (TPSA) is 106 Å².